The smallest absolute Gasteiger partial charge is 0.269 e. The van der Waals surface area contributed by atoms with Crippen LogP contribution in [-0.2, 0) is 11.2 Å². The predicted molar refractivity (Wildman–Crippen MR) is 88.8 cm³/mol. The van der Waals surface area contributed by atoms with Gasteiger partial charge in [-0.1, -0.05) is 12.1 Å². The minimum absolute atomic E-state index is 0.0201. The number of likely N-dealkylation sites (N-methyl/N-ethyl adjacent to an activating group) is 1. The van der Waals surface area contributed by atoms with Crippen LogP contribution >= 0.6 is 0 Å². The average Bonchev–Trinajstić information content (AvgIpc) is 2.54. The van der Waals surface area contributed by atoms with Crippen molar-refractivity contribution in [2.75, 3.05) is 30.9 Å². The van der Waals surface area contributed by atoms with Gasteiger partial charge in [0.2, 0.25) is 5.91 Å². The summed E-state index contributed by atoms with van der Waals surface area (Å²) in [5.74, 6) is 0.518. The predicted octanol–water partition coefficient (Wildman–Crippen LogP) is 2.26. The Balaban J connectivity index is 2.21. The molecule has 0 unspecified atom stereocenters. The number of hydrogen-bond acceptors (Lipinski definition) is 5. The Kier molecular flexibility index (Phi) is 4.90. The van der Waals surface area contributed by atoms with E-state index < -0.39 is 4.92 Å². The van der Waals surface area contributed by atoms with Gasteiger partial charge in [0.05, 0.1) is 17.0 Å². The van der Waals surface area contributed by atoms with E-state index in [4.69, 9.17) is 0 Å². The van der Waals surface area contributed by atoms with Crippen LogP contribution in [0.3, 0.4) is 0 Å². The van der Waals surface area contributed by atoms with E-state index in [1.807, 2.05) is 25.1 Å². The first-order valence-electron chi connectivity index (χ1n) is 7.02. The van der Waals surface area contributed by atoms with E-state index in [0.717, 1.165) is 0 Å². The second kappa shape index (κ2) is 6.87. The highest BCUT2D eigenvalue weighted by molar-refractivity contribution is 5.96. The molecular weight excluding hydrogens is 296 g/mol. The van der Waals surface area contributed by atoms with Crippen LogP contribution in [0, 0.1) is 10.1 Å². The fraction of sp³-hybridized carbons (Fsp3) is 0.250. The number of nitrogens with zero attached hydrogens (tertiary/aromatic N) is 4. The zero-order valence-corrected chi connectivity index (χ0v) is 13.3. The van der Waals surface area contributed by atoms with Gasteiger partial charge < -0.3 is 9.80 Å². The van der Waals surface area contributed by atoms with Gasteiger partial charge in [-0.05, 0) is 17.7 Å². The van der Waals surface area contributed by atoms with Crippen molar-refractivity contribution in [2.24, 2.45) is 0 Å². The van der Waals surface area contributed by atoms with Crippen LogP contribution in [0.1, 0.15) is 5.56 Å². The zero-order valence-electron chi connectivity index (χ0n) is 13.3. The number of non-ortho nitro benzene ring substituents is 1. The second-order valence-corrected chi connectivity index (χ2v) is 5.30. The van der Waals surface area contributed by atoms with Gasteiger partial charge >= 0.3 is 0 Å². The van der Waals surface area contributed by atoms with Gasteiger partial charge in [0.25, 0.3) is 5.69 Å². The molecule has 0 N–H and O–H groups in total. The molecule has 1 heterocycles. The van der Waals surface area contributed by atoms with Crippen LogP contribution in [0.15, 0.2) is 42.6 Å². The summed E-state index contributed by atoms with van der Waals surface area (Å²) in [5, 5.41) is 10.8. The monoisotopic (exact) mass is 314 g/mol. The number of rotatable bonds is 5. The van der Waals surface area contributed by atoms with Crippen LogP contribution < -0.4 is 9.80 Å². The molecule has 0 radical (unpaired) electrons. The minimum atomic E-state index is -0.469. The summed E-state index contributed by atoms with van der Waals surface area (Å²) >= 11 is 0. The summed E-state index contributed by atoms with van der Waals surface area (Å²) in [4.78, 5) is 30.4. The number of pyridine rings is 1. The van der Waals surface area contributed by atoms with Crippen LogP contribution in [0.25, 0.3) is 0 Å². The number of hydrogen-bond donors (Lipinski definition) is 0. The van der Waals surface area contributed by atoms with E-state index in [1.54, 1.807) is 31.4 Å². The van der Waals surface area contributed by atoms with Crippen molar-refractivity contribution >= 4 is 23.1 Å². The minimum Gasteiger partial charge on any atom is -0.361 e. The molecule has 1 amide bonds. The molecule has 0 fully saturated rings. The molecule has 2 aromatic rings. The fourth-order valence-corrected chi connectivity index (χ4v) is 2.20. The van der Waals surface area contributed by atoms with Gasteiger partial charge in [-0.15, -0.1) is 0 Å². The van der Waals surface area contributed by atoms with Crippen molar-refractivity contribution in [2.45, 2.75) is 6.42 Å². The zero-order chi connectivity index (χ0) is 17.0. The third-order valence-electron chi connectivity index (χ3n) is 3.40. The second-order valence-electron chi connectivity index (χ2n) is 5.30. The summed E-state index contributed by atoms with van der Waals surface area (Å²) in [5.41, 5.74) is 1.27. The van der Waals surface area contributed by atoms with E-state index in [9.17, 15) is 14.9 Å². The van der Waals surface area contributed by atoms with Crippen LogP contribution in [0.2, 0.25) is 0 Å². The summed E-state index contributed by atoms with van der Waals surface area (Å²) in [6.07, 6.45) is 1.75. The van der Waals surface area contributed by atoms with Crippen molar-refractivity contribution in [3.05, 3.63) is 58.3 Å². The molecule has 7 heteroatoms. The largest absolute Gasteiger partial charge is 0.361 e. The Morgan fingerprint density at radius 3 is 2.61 bits per heavy atom. The quantitative estimate of drug-likeness (QED) is 0.625. The number of amides is 1. The topological polar surface area (TPSA) is 79.6 Å². The number of nitro groups is 1. The van der Waals surface area contributed by atoms with Gasteiger partial charge in [-0.3, -0.25) is 14.9 Å². The van der Waals surface area contributed by atoms with Crippen LogP contribution in [-0.4, -0.2) is 37.0 Å². The molecule has 2 rings (SSSR count). The Hall–Kier alpha value is -2.96. The molecule has 0 saturated heterocycles. The van der Waals surface area contributed by atoms with E-state index >= 15 is 0 Å². The maximum Gasteiger partial charge on any atom is 0.269 e. The lowest BCUT2D eigenvalue weighted by Crippen LogP contribution is -2.29. The molecule has 0 spiro atoms. The molecule has 0 aliphatic carbocycles. The SMILES string of the molecule is CN(C)c1ncccc1N(C)C(=O)Cc1cccc([N+](=O)[O-])c1. The maximum atomic E-state index is 12.5. The van der Waals surface area contributed by atoms with Crippen molar-refractivity contribution in [3.8, 4) is 0 Å². The van der Waals surface area contributed by atoms with E-state index in [-0.39, 0.29) is 18.0 Å². The van der Waals surface area contributed by atoms with Gasteiger partial charge in [-0.2, -0.15) is 0 Å². The first kappa shape index (κ1) is 16.4. The standard InChI is InChI=1S/C16H18N4O3/c1-18(2)16-14(8-5-9-17-16)19(3)15(21)11-12-6-4-7-13(10-12)20(22)23/h4-10H,11H2,1-3H3. The number of carbonyl (C=O) groups excluding carboxylic acids is 1. The van der Waals surface area contributed by atoms with Crippen molar-refractivity contribution in [1.29, 1.82) is 0 Å². The summed E-state index contributed by atoms with van der Waals surface area (Å²) in [7, 11) is 5.37. The molecule has 7 nitrogen and oxygen atoms in total. The summed E-state index contributed by atoms with van der Waals surface area (Å²) in [6, 6.07) is 9.68. The maximum absolute atomic E-state index is 12.5. The Bertz CT molecular complexity index is 731. The van der Waals surface area contributed by atoms with Gasteiger partial charge in [0.15, 0.2) is 5.82 Å². The third kappa shape index (κ3) is 3.82. The molecule has 0 bridgehead atoms. The fourth-order valence-electron chi connectivity index (χ4n) is 2.20. The lowest BCUT2D eigenvalue weighted by molar-refractivity contribution is -0.384. The highest BCUT2D eigenvalue weighted by Gasteiger charge is 2.17. The molecule has 23 heavy (non-hydrogen) atoms. The first-order valence-corrected chi connectivity index (χ1v) is 7.02. The van der Waals surface area contributed by atoms with Gasteiger partial charge in [0.1, 0.15) is 0 Å². The van der Waals surface area contributed by atoms with Gasteiger partial charge in [0, 0.05) is 39.5 Å². The lowest BCUT2D eigenvalue weighted by Gasteiger charge is -2.23. The first-order chi connectivity index (χ1) is 10.9. The number of anilines is 2. The molecule has 120 valence electrons. The van der Waals surface area contributed by atoms with E-state index in [0.29, 0.717) is 17.1 Å². The van der Waals surface area contributed by atoms with Crippen LogP contribution in [0.4, 0.5) is 17.2 Å². The Morgan fingerprint density at radius 2 is 1.96 bits per heavy atom. The summed E-state index contributed by atoms with van der Waals surface area (Å²) < 4.78 is 0. The number of nitro benzene ring substituents is 1. The molecule has 1 aromatic carbocycles. The lowest BCUT2D eigenvalue weighted by atomic mass is 10.1. The van der Waals surface area contributed by atoms with Crippen molar-refractivity contribution in [1.82, 2.24) is 4.98 Å². The van der Waals surface area contributed by atoms with E-state index in [2.05, 4.69) is 4.98 Å². The van der Waals surface area contributed by atoms with Gasteiger partial charge in [-0.25, -0.2) is 4.98 Å². The van der Waals surface area contributed by atoms with Crippen molar-refractivity contribution < 1.29 is 9.72 Å². The third-order valence-corrected chi connectivity index (χ3v) is 3.40. The molecule has 1 aromatic heterocycles. The molecule has 0 saturated carbocycles. The number of benzene rings is 1. The molecule has 0 aliphatic heterocycles. The van der Waals surface area contributed by atoms with E-state index in [1.165, 1.54) is 17.0 Å². The Labute approximate surface area is 134 Å². The normalized spacial score (nSPS) is 10.2. The molecule has 0 atom stereocenters. The number of carbonyl (C=O) groups is 1. The summed E-state index contributed by atoms with van der Waals surface area (Å²) in [6.45, 7) is 0. The molecular formula is C16H18N4O3. The number of aromatic nitrogens is 1. The highest BCUT2D eigenvalue weighted by Crippen LogP contribution is 2.25. The average molecular weight is 314 g/mol. The highest BCUT2D eigenvalue weighted by atomic mass is 16.6. The van der Waals surface area contributed by atoms with Crippen LogP contribution in [0.5, 0.6) is 0 Å². The Morgan fingerprint density at radius 1 is 1.22 bits per heavy atom. The van der Waals surface area contributed by atoms with Crippen molar-refractivity contribution in [3.63, 3.8) is 0 Å². The molecule has 0 aliphatic rings.